The van der Waals surface area contributed by atoms with Gasteiger partial charge < -0.3 is 19.4 Å². The van der Waals surface area contributed by atoms with Crippen LogP contribution >= 0.6 is 0 Å². The Kier molecular flexibility index (Phi) is 5.96. The van der Waals surface area contributed by atoms with Crippen LogP contribution in [0.2, 0.25) is 0 Å². The first-order chi connectivity index (χ1) is 13.1. The zero-order valence-electron chi connectivity index (χ0n) is 15.8. The molecule has 0 radical (unpaired) electrons. The van der Waals surface area contributed by atoms with Gasteiger partial charge >= 0.3 is 0 Å². The van der Waals surface area contributed by atoms with E-state index in [-0.39, 0.29) is 18.4 Å². The Labute approximate surface area is 159 Å². The molecule has 2 aromatic carbocycles. The Bertz CT molecular complexity index is 769. The smallest absolute Gasteiger partial charge is 0.242 e. The Morgan fingerprint density at radius 2 is 1.59 bits per heavy atom. The second-order valence-electron chi connectivity index (χ2n) is 6.51. The van der Waals surface area contributed by atoms with Gasteiger partial charge in [-0.3, -0.25) is 9.59 Å². The number of carbonyl (C=O) groups excluding carboxylic acids is 2. The number of piperazine rings is 1. The monoisotopic (exact) mass is 367 g/mol. The predicted molar refractivity (Wildman–Crippen MR) is 106 cm³/mol. The zero-order valence-corrected chi connectivity index (χ0v) is 15.8. The van der Waals surface area contributed by atoms with Gasteiger partial charge in [-0.25, -0.2) is 0 Å². The maximum atomic E-state index is 12.7. The number of hydrogen-bond donors (Lipinski definition) is 0. The summed E-state index contributed by atoms with van der Waals surface area (Å²) >= 11 is 0. The van der Waals surface area contributed by atoms with E-state index in [0.717, 1.165) is 13.1 Å². The summed E-state index contributed by atoms with van der Waals surface area (Å²) in [5.41, 5.74) is 1.87. The first-order valence-corrected chi connectivity index (χ1v) is 9.08. The summed E-state index contributed by atoms with van der Waals surface area (Å²) in [6, 6.07) is 17.4. The Morgan fingerprint density at radius 3 is 2.15 bits per heavy atom. The van der Waals surface area contributed by atoms with Crippen molar-refractivity contribution in [3.63, 3.8) is 0 Å². The molecule has 1 aliphatic rings. The maximum absolute atomic E-state index is 12.7. The zero-order chi connectivity index (χ0) is 19.2. The average Bonchev–Trinajstić information content (AvgIpc) is 2.72. The Morgan fingerprint density at radius 1 is 0.963 bits per heavy atom. The standard InChI is InChI=1S/C21H25N3O3/c1-17(25)24(19-8-10-20(27-2)11-9-19)16-21(26)23-14-12-22(13-15-23)18-6-4-3-5-7-18/h3-11H,12-16H2,1-2H3. The molecule has 0 aliphatic carbocycles. The third-order valence-corrected chi connectivity index (χ3v) is 4.81. The van der Waals surface area contributed by atoms with Gasteiger partial charge in [0, 0.05) is 44.5 Å². The highest BCUT2D eigenvalue weighted by Gasteiger charge is 2.24. The third-order valence-electron chi connectivity index (χ3n) is 4.81. The van der Waals surface area contributed by atoms with Crippen LogP contribution in [0.1, 0.15) is 6.92 Å². The summed E-state index contributed by atoms with van der Waals surface area (Å²) in [7, 11) is 1.59. The number of methoxy groups -OCH3 is 1. The fourth-order valence-corrected chi connectivity index (χ4v) is 3.23. The first-order valence-electron chi connectivity index (χ1n) is 9.08. The quantitative estimate of drug-likeness (QED) is 0.814. The number of amides is 2. The molecule has 3 rings (SSSR count). The number of hydrogen-bond acceptors (Lipinski definition) is 4. The molecule has 6 nitrogen and oxygen atoms in total. The van der Waals surface area contributed by atoms with E-state index in [0.29, 0.717) is 24.5 Å². The minimum Gasteiger partial charge on any atom is -0.497 e. The van der Waals surface area contributed by atoms with E-state index in [1.807, 2.05) is 23.1 Å². The van der Waals surface area contributed by atoms with E-state index < -0.39 is 0 Å². The van der Waals surface area contributed by atoms with E-state index >= 15 is 0 Å². The van der Waals surface area contributed by atoms with Crippen LogP contribution in [0.4, 0.5) is 11.4 Å². The van der Waals surface area contributed by atoms with Crippen LogP contribution in [0.3, 0.4) is 0 Å². The minimum absolute atomic E-state index is 0.0336. The highest BCUT2D eigenvalue weighted by Crippen LogP contribution is 2.20. The Hall–Kier alpha value is -3.02. The van der Waals surface area contributed by atoms with Gasteiger partial charge in [-0.2, -0.15) is 0 Å². The van der Waals surface area contributed by atoms with Crippen molar-refractivity contribution in [2.75, 3.05) is 49.6 Å². The molecule has 2 amide bonds. The van der Waals surface area contributed by atoms with Crippen LogP contribution in [0.15, 0.2) is 54.6 Å². The van der Waals surface area contributed by atoms with Crippen LogP contribution in [-0.2, 0) is 9.59 Å². The summed E-state index contributed by atoms with van der Waals surface area (Å²) < 4.78 is 5.15. The lowest BCUT2D eigenvalue weighted by Gasteiger charge is -2.37. The molecule has 1 aliphatic heterocycles. The van der Waals surface area contributed by atoms with Crippen LogP contribution < -0.4 is 14.5 Å². The molecule has 0 N–H and O–H groups in total. The van der Waals surface area contributed by atoms with Gasteiger partial charge in [0.15, 0.2) is 0 Å². The van der Waals surface area contributed by atoms with E-state index in [1.54, 1.807) is 31.4 Å². The fourth-order valence-electron chi connectivity index (χ4n) is 3.23. The van der Waals surface area contributed by atoms with Crippen molar-refractivity contribution >= 4 is 23.2 Å². The molecule has 27 heavy (non-hydrogen) atoms. The van der Waals surface area contributed by atoms with Gasteiger partial charge in [-0.15, -0.1) is 0 Å². The lowest BCUT2D eigenvalue weighted by atomic mass is 10.2. The highest BCUT2D eigenvalue weighted by molar-refractivity contribution is 5.97. The SMILES string of the molecule is COc1ccc(N(CC(=O)N2CCN(c3ccccc3)CC2)C(C)=O)cc1. The summed E-state index contributed by atoms with van der Waals surface area (Å²) in [6.07, 6.45) is 0. The molecule has 1 heterocycles. The summed E-state index contributed by atoms with van der Waals surface area (Å²) in [4.78, 5) is 30.4. The lowest BCUT2D eigenvalue weighted by molar-refractivity contribution is -0.131. The van der Waals surface area contributed by atoms with Crippen LogP contribution in [0, 0.1) is 0 Å². The lowest BCUT2D eigenvalue weighted by Crippen LogP contribution is -2.51. The molecule has 0 saturated carbocycles. The third kappa shape index (κ3) is 4.58. The van der Waals surface area contributed by atoms with Crippen LogP contribution in [0.25, 0.3) is 0 Å². The van der Waals surface area contributed by atoms with Crippen LogP contribution in [-0.4, -0.2) is 56.5 Å². The van der Waals surface area contributed by atoms with Gasteiger partial charge in [-0.05, 0) is 36.4 Å². The maximum Gasteiger partial charge on any atom is 0.242 e. The van der Waals surface area contributed by atoms with Crippen molar-refractivity contribution in [1.82, 2.24) is 4.90 Å². The van der Waals surface area contributed by atoms with E-state index in [9.17, 15) is 9.59 Å². The second kappa shape index (κ2) is 8.58. The summed E-state index contributed by atoms with van der Waals surface area (Å²) in [5, 5.41) is 0. The number of rotatable bonds is 5. The number of anilines is 2. The number of ether oxygens (including phenoxy) is 1. The van der Waals surface area contributed by atoms with Gasteiger partial charge in [0.05, 0.1) is 7.11 Å². The number of nitrogens with zero attached hydrogens (tertiary/aromatic N) is 3. The predicted octanol–water partition coefficient (Wildman–Crippen LogP) is 2.40. The van der Waals surface area contributed by atoms with Crippen molar-refractivity contribution in [3.8, 4) is 5.75 Å². The van der Waals surface area contributed by atoms with Gasteiger partial charge in [0.25, 0.3) is 0 Å². The molecule has 1 fully saturated rings. The van der Waals surface area contributed by atoms with Crippen molar-refractivity contribution in [2.45, 2.75) is 6.92 Å². The molecule has 6 heteroatoms. The molecule has 0 atom stereocenters. The van der Waals surface area contributed by atoms with E-state index in [1.165, 1.54) is 17.5 Å². The number of carbonyl (C=O) groups is 2. The molecule has 0 aromatic heterocycles. The molecule has 1 saturated heterocycles. The summed E-state index contributed by atoms with van der Waals surface area (Å²) in [5.74, 6) is 0.524. The number of para-hydroxylation sites is 1. The minimum atomic E-state index is -0.156. The normalized spacial score (nSPS) is 14.0. The topological polar surface area (TPSA) is 53.1 Å². The average molecular weight is 367 g/mol. The molecular formula is C21H25N3O3. The van der Waals surface area contributed by atoms with E-state index in [4.69, 9.17) is 4.74 Å². The molecule has 0 unspecified atom stereocenters. The van der Waals surface area contributed by atoms with E-state index in [2.05, 4.69) is 17.0 Å². The fraction of sp³-hybridized carbons (Fsp3) is 0.333. The Balaban J connectivity index is 1.60. The van der Waals surface area contributed by atoms with Gasteiger partial charge in [0.1, 0.15) is 12.3 Å². The highest BCUT2D eigenvalue weighted by atomic mass is 16.5. The largest absolute Gasteiger partial charge is 0.497 e. The number of benzene rings is 2. The molecule has 0 bridgehead atoms. The molecule has 0 spiro atoms. The van der Waals surface area contributed by atoms with Gasteiger partial charge in [0.2, 0.25) is 11.8 Å². The van der Waals surface area contributed by atoms with Crippen LogP contribution in [0.5, 0.6) is 5.75 Å². The summed E-state index contributed by atoms with van der Waals surface area (Å²) in [6.45, 7) is 4.42. The molecular weight excluding hydrogens is 342 g/mol. The molecule has 142 valence electrons. The molecule has 2 aromatic rings. The first kappa shape index (κ1) is 18.8. The second-order valence-corrected chi connectivity index (χ2v) is 6.51. The van der Waals surface area contributed by atoms with Gasteiger partial charge in [-0.1, -0.05) is 18.2 Å². The van der Waals surface area contributed by atoms with Crippen molar-refractivity contribution in [3.05, 3.63) is 54.6 Å². The van der Waals surface area contributed by atoms with Crippen molar-refractivity contribution in [1.29, 1.82) is 0 Å². The van der Waals surface area contributed by atoms with Crippen molar-refractivity contribution < 1.29 is 14.3 Å². The van der Waals surface area contributed by atoms with Crippen molar-refractivity contribution in [2.24, 2.45) is 0 Å².